The fourth-order valence-corrected chi connectivity index (χ4v) is 4.86. The zero-order valence-corrected chi connectivity index (χ0v) is 24.6. The summed E-state index contributed by atoms with van der Waals surface area (Å²) < 4.78 is 41.7. The van der Waals surface area contributed by atoms with Crippen molar-refractivity contribution in [1.29, 1.82) is 0 Å². The molecule has 0 saturated heterocycles. The summed E-state index contributed by atoms with van der Waals surface area (Å²) in [4.78, 5) is 26.9. The molecule has 40 heavy (non-hydrogen) atoms. The number of hydrogen-bond donors (Lipinski definition) is 2. The third kappa shape index (κ3) is 6.95. The van der Waals surface area contributed by atoms with Crippen LogP contribution in [-0.4, -0.2) is 35.7 Å². The van der Waals surface area contributed by atoms with Crippen LogP contribution < -0.4 is 10.6 Å². The van der Waals surface area contributed by atoms with E-state index < -0.39 is 31.8 Å². The number of para-hydroxylation sites is 1. The van der Waals surface area contributed by atoms with Crippen molar-refractivity contribution in [2.45, 2.75) is 58.5 Å². The number of anilines is 1. The van der Waals surface area contributed by atoms with Gasteiger partial charge in [-0.05, 0) is 62.4 Å². The van der Waals surface area contributed by atoms with E-state index in [1.165, 1.54) is 12.1 Å². The summed E-state index contributed by atoms with van der Waals surface area (Å²) in [5, 5.41) is 9.42. The second kappa shape index (κ2) is 11.1. The van der Waals surface area contributed by atoms with Crippen molar-refractivity contribution in [1.82, 2.24) is 15.1 Å². The van der Waals surface area contributed by atoms with Gasteiger partial charge in [0.25, 0.3) is 11.8 Å². The second-order valence-corrected chi connectivity index (χ2v) is 16.2. The maximum atomic E-state index is 13.6. The first kappa shape index (κ1) is 29.4. The van der Waals surface area contributed by atoms with Crippen LogP contribution in [0.4, 0.5) is 18.9 Å². The lowest BCUT2D eigenvalue weighted by molar-refractivity contribution is -0.141. The molecule has 210 valence electrons. The van der Waals surface area contributed by atoms with E-state index in [0.717, 1.165) is 17.5 Å². The Morgan fingerprint density at radius 2 is 1.80 bits per heavy atom. The number of nitrogens with one attached hydrogen (secondary N) is 2. The summed E-state index contributed by atoms with van der Waals surface area (Å²) >= 11 is 6.23. The summed E-state index contributed by atoms with van der Waals surface area (Å²) in [6.45, 7) is 9.94. The lowest BCUT2D eigenvalue weighted by Gasteiger charge is -2.18. The molecule has 11 heteroatoms. The molecule has 1 fully saturated rings. The Labute approximate surface area is 237 Å². The molecule has 4 rings (SSSR count). The predicted molar refractivity (Wildman–Crippen MR) is 153 cm³/mol. The topological polar surface area (TPSA) is 76.0 Å². The number of carbonyl (C=O) groups excluding carboxylic acids is 2. The molecule has 0 radical (unpaired) electrons. The quantitative estimate of drug-likeness (QED) is 0.245. The fraction of sp³-hybridized carbons (Fsp3) is 0.345. The molecular weight excluding hydrogens is 557 g/mol. The van der Waals surface area contributed by atoms with Crippen LogP contribution in [-0.2, 0) is 6.18 Å². The van der Waals surface area contributed by atoms with Gasteiger partial charge >= 0.3 is 6.18 Å². The summed E-state index contributed by atoms with van der Waals surface area (Å²) in [6, 6.07) is 10.1. The molecule has 1 unspecified atom stereocenters. The van der Waals surface area contributed by atoms with Crippen LogP contribution in [0.2, 0.25) is 24.7 Å². The lowest BCUT2D eigenvalue weighted by Crippen LogP contribution is -2.35. The van der Waals surface area contributed by atoms with Gasteiger partial charge in [0.2, 0.25) is 0 Å². The van der Waals surface area contributed by atoms with Gasteiger partial charge in [-0.3, -0.25) is 9.59 Å². The average molecular weight is 587 g/mol. The molecule has 2 N–H and O–H groups in total. The van der Waals surface area contributed by atoms with Gasteiger partial charge in [0, 0.05) is 17.7 Å². The van der Waals surface area contributed by atoms with E-state index in [1.807, 2.05) is 6.92 Å². The zero-order valence-electron chi connectivity index (χ0n) is 22.8. The molecule has 1 saturated carbocycles. The number of benzene rings is 2. The fourth-order valence-electron chi connectivity index (χ4n) is 4.13. The number of amides is 2. The van der Waals surface area contributed by atoms with Gasteiger partial charge < -0.3 is 10.6 Å². The Morgan fingerprint density at radius 3 is 2.40 bits per heavy atom. The third-order valence-electron chi connectivity index (χ3n) is 6.40. The second-order valence-electron chi connectivity index (χ2n) is 11.0. The van der Waals surface area contributed by atoms with E-state index in [1.54, 1.807) is 31.2 Å². The van der Waals surface area contributed by atoms with Gasteiger partial charge in [-0.2, -0.15) is 18.3 Å². The summed E-state index contributed by atoms with van der Waals surface area (Å²) in [5.74, 6) is 2.26. The molecular formula is C29H30ClF3N4O2Si. The number of nitrogens with zero attached hydrogens (tertiary/aromatic N) is 2. The largest absolute Gasteiger partial charge is 0.435 e. The van der Waals surface area contributed by atoms with E-state index in [9.17, 15) is 22.8 Å². The van der Waals surface area contributed by atoms with Crippen molar-refractivity contribution < 1.29 is 22.8 Å². The van der Waals surface area contributed by atoms with Crippen molar-refractivity contribution in [2.24, 2.45) is 5.92 Å². The van der Waals surface area contributed by atoms with Crippen LogP contribution in [0.3, 0.4) is 0 Å². The molecule has 6 nitrogen and oxygen atoms in total. The molecule has 0 spiro atoms. The Hall–Kier alpha value is -3.55. The van der Waals surface area contributed by atoms with Gasteiger partial charge in [0.1, 0.15) is 13.8 Å². The van der Waals surface area contributed by atoms with Crippen LogP contribution in [0.5, 0.6) is 0 Å². The Morgan fingerprint density at radius 1 is 1.12 bits per heavy atom. The number of aryl methyl sites for hydroxylation is 1. The van der Waals surface area contributed by atoms with Crippen LogP contribution in [0.25, 0.3) is 5.69 Å². The third-order valence-corrected chi connectivity index (χ3v) is 7.60. The summed E-state index contributed by atoms with van der Waals surface area (Å²) in [7, 11) is -1.72. The lowest BCUT2D eigenvalue weighted by atomic mass is 10.0. The van der Waals surface area contributed by atoms with Crippen LogP contribution in [0.15, 0.2) is 42.5 Å². The van der Waals surface area contributed by atoms with E-state index >= 15 is 0 Å². The van der Waals surface area contributed by atoms with Gasteiger partial charge in [0.15, 0.2) is 5.69 Å². The van der Waals surface area contributed by atoms with Crippen molar-refractivity contribution in [3.8, 4) is 17.2 Å². The van der Waals surface area contributed by atoms with Crippen molar-refractivity contribution in [2.75, 3.05) is 5.32 Å². The number of aromatic nitrogens is 2. The van der Waals surface area contributed by atoms with Crippen LogP contribution in [0, 0.1) is 24.3 Å². The van der Waals surface area contributed by atoms with E-state index in [2.05, 4.69) is 46.8 Å². The van der Waals surface area contributed by atoms with Gasteiger partial charge in [0.05, 0.1) is 22.0 Å². The number of rotatable bonds is 6. The van der Waals surface area contributed by atoms with E-state index in [-0.39, 0.29) is 33.7 Å². The normalized spacial score (nSPS) is 14.2. The van der Waals surface area contributed by atoms with Gasteiger partial charge in [-0.1, -0.05) is 49.3 Å². The minimum atomic E-state index is -4.79. The van der Waals surface area contributed by atoms with Crippen molar-refractivity contribution in [3.05, 3.63) is 75.6 Å². The average Bonchev–Trinajstić information content (AvgIpc) is 3.61. The van der Waals surface area contributed by atoms with Gasteiger partial charge in [-0.25, -0.2) is 4.68 Å². The Kier molecular flexibility index (Phi) is 8.20. The van der Waals surface area contributed by atoms with Crippen LogP contribution >= 0.6 is 11.6 Å². The van der Waals surface area contributed by atoms with Crippen LogP contribution in [0.1, 0.15) is 57.4 Å². The molecule has 1 heterocycles. The zero-order chi connectivity index (χ0) is 29.4. The molecule has 2 aromatic carbocycles. The first-order valence-corrected chi connectivity index (χ1v) is 16.7. The van der Waals surface area contributed by atoms with Gasteiger partial charge in [-0.15, -0.1) is 5.54 Å². The monoisotopic (exact) mass is 586 g/mol. The Bertz CT molecular complexity index is 1530. The molecule has 0 bridgehead atoms. The highest BCUT2D eigenvalue weighted by Crippen LogP contribution is 2.34. The van der Waals surface area contributed by atoms with Crippen molar-refractivity contribution >= 4 is 37.2 Å². The van der Waals surface area contributed by atoms with E-state index in [0.29, 0.717) is 23.1 Å². The predicted octanol–water partition coefficient (Wildman–Crippen LogP) is 6.86. The molecule has 0 aliphatic heterocycles. The molecule has 1 aromatic heterocycles. The van der Waals surface area contributed by atoms with E-state index in [4.69, 9.17) is 11.6 Å². The maximum absolute atomic E-state index is 13.6. The first-order valence-electron chi connectivity index (χ1n) is 12.9. The highest BCUT2D eigenvalue weighted by molar-refractivity contribution is 6.83. The minimum Gasteiger partial charge on any atom is -0.349 e. The number of halogens is 4. The smallest absolute Gasteiger partial charge is 0.349 e. The highest BCUT2D eigenvalue weighted by atomic mass is 35.5. The molecule has 1 aliphatic rings. The standard InChI is InChI=1S/C29H30ClF3N4O2Si/c1-17-14-19(12-13-40(3,4)5)15-21(27(38)34-18(2)20-10-11-20)26(17)35-28(39)24-16-25(29(31,32)33)36-37(24)23-9-7-6-8-22(23)30/h6-9,14-16,18,20H,10-11H2,1-5H3,(H,34,38)(H,35,39). The SMILES string of the molecule is Cc1cc(C#C[Si](C)(C)C)cc(C(=O)NC(C)C2CC2)c1NC(=O)c1cc(C(F)(F)F)nn1-c1ccccc1Cl. The highest BCUT2D eigenvalue weighted by Gasteiger charge is 2.37. The first-order chi connectivity index (χ1) is 18.6. The Balaban J connectivity index is 1.78. The minimum absolute atomic E-state index is 0.0657. The maximum Gasteiger partial charge on any atom is 0.435 e. The molecule has 1 atom stereocenters. The number of carbonyl (C=O) groups is 2. The molecule has 3 aromatic rings. The number of hydrogen-bond acceptors (Lipinski definition) is 3. The molecule has 2 amide bonds. The molecule has 1 aliphatic carbocycles. The summed E-state index contributed by atoms with van der Waals surface area (Å²) in [5.41, 5.74) is 3.26. The summed E-state index contributed by atoms with van der Waals surface area (Å²) in [6.07, 6.45) is -2.74. The van der Waals surface area contributed by atoms with Crippen molar-refractivity contribution in [3.63, 3.8) is 0 Å². The number of alkyl halides is 3.